The van der Waals surface area contributed by atoms with E-state index >= 15 is 0 Å². The van der Waals surface area contributed by atoms with Crippen molar-refractivity contribution in [3.8, 4) is 0 Å². The number of methoxy groups -OCH3 is 1. The topological polar surface area (TPSA) is 96.3 Å². The largest absolute Gasteiger partial charge is 0.463 e. The van der Waals surface area contributed by atoms with Gasteiger partial charge in [-0.15, -0.1) is 0 Å². The van der Waals surface area contributed by atoms with E-state index in [2.05, 4.69) is 87.9 Å². The number of furan rings is 2. The molecule has 228 valence electrons. The maximum absolute atomic E-state index is 11.3. The number of fused-ring (bicyclic) bond motifs is 2. The quantitative estimate of drug-likeness (QED) is 0.173. The lowest BCUT2D eigenvalue weighted by Crippen LogP contribution is -2.09. The molecule has 8 heteroatoms. The van der Waals surface area contributed by atoms with Gasteiger partial charge in [0, 0.05) is 23.5 Å². The Morgan fingerprint density at radius 1 is 0.818 bits per heavy atom. The van der Waals surface area contributed by atoms with Crippen molar-refractivity contribution in [2.45, 2.75) is 33.5 Å². The van der Waals surface area contributed by atoms with E-state index in [4.69, 9.17) is 13.9 Å². The Morgan fingerprint density at radius 3 is 2.07 bits per heavy atom. The number of hydrogen-bond donors (Lipinski definition) is 2. The molecule has 2 N–H and O–H groups in total. The molecular formula is C36H36BrNO6. The highest BCUT2D eigenvalue weighted by molar-refractivity contribution is 9.10. The number of para-hydroxylation sites is 1. The molecule has 7 nitrogen and oxygen atoms in total. The van der Waals surface area contributed by atoms with Crippen LogP contribution in [0.2, 0.25) is 0 Å². The van der Waals surface area contributed by atoms with Crippen molar-refractivity contribution in [1.82, 2.24) is 0 Å². The highest BCUT2D eigenvalue weighted by atomic mass is 79.9. The minimum atomic E-state index is -0.520. The van der Waals surface area contributed by atoms with Crippen molar-refractivity contribution in [2.75, 3.05) is 19.1 Å². The molecule has 0 spiro atoms. The molecular weight excluding hydrogens is 622 g/mol. The predicted octanol–water partition coefficient (Wildman–Crippen LogP) is 8.72. The monoisotopic (exact) mass is 657 g/mol. The molecule has 0 unspecified atom stereocenters. The van der Waals surface area contributed by atoms with E-state index in [-0.39, 0.29) is 19.0 Å². The number of rotatable bonds is 6. The molecule has 6 rings (SSSR count). The summed E-state index contributed by atoms with van der Waals surface area (Å²) in [5.74, 6) is 0.218. The number of ether oxygens (including phenoxy) is 1. The highest BCUT2D eigenvalue weighted by Gasteiger charge is 2.15. The Labute approximate surface area is 265 Å². The van der Waals surface area contributed by atoms with Gasteiger partial charge in [-0.3, -0.25) is 0 Å². The Balaban J connectivity index is 0.000000164. The summed E-state index contributed by atoms with van der Waals surface area (Å²) in [5, 5.41) is 20.1. The summed E-state index contributed by atoms with van der Waals surface area (Å²) in [6, 6.07) is 31.8. The van der Waals surface area contributed by atoms with Crippen LogP contribution in [0.3, 0.4) is 0 Å². The number of aliphatic hydroxyl groups excluding tert-OH is 2. The van der Waals surface area contributed by atoms with Crippen molar-refractivity contribution in [1.29, 1.82) is 0 Å². The third-order valence-electron chi connectivity index (χ3n) is 6.90. The Morgan fingerprint density at radius 2 is 1.48 bits per heavy atom. The second kappa shape index (κ2) is 15.4. The molecule has 0 saturated heterocycles. The lowest BCUT2D eigenvalue weighted by atomic mass is 10.1. The van der Waals surface area contributed by atoms with Gasteiger partial charge in [0.15, 0.2) is 5.58 Å². The fourth-order valence-electron chi connectivity index (χ4n) is 4.63. The Kier molecular flexibility index (Phi) is 11.4. The average molecular weight is 659 g/mol. The zero-order valence-electron chi connectivity index (χ0n) is 25.2. The molecule has 0 amide bonds. The van der Waals surface area contributed by atoms with Gasteiger partial charge in [-0.25, -0.2) is 4.79 Å². The number of carbonyl (C=O) groups is 1. The number of aryl methyl sites for hydroxylation is 2. The molecule has 2 aromatic heterocycles. The predicted molar refractivity (Wildman–Crippen MR) is 178 cm³/mol. The number of nitrogens with zero attached hydrogens (tertiary/aromatic N) is 1. The lowest BCUT2D eigenvalue weighted by Gasteiger charge is -2.20. The smallest absolute Gasteiger partial charge is 0.373 e. The molecule has 0 aliphatic heterocycles. The number of anilines is 2. The van der Waals surface area contributed by atoms with Crippen LogP contribution in [0.1, 0.15) is 39.9 Å². The van der Waals surface area contributed by atoms with Crippen LogP contribution in [0.4, 0.5) is 11.4 Å². The van der Waals surface area contributed by atoms with Gasteiger partial charge in [0.1, 0.15) is 18.0 Å². The van der Waals surface area contributed by atoms with Crippen molar-refractivity contribution < 1.29 is 28.6 Å². The second-order valence-corrected chi connectivity index (χ2v) is 10.9. The van der Waals surface area contributed by atoms with Gasteiger partial charge in [0.25, 0.3) is 0 Å². The van der Waals surface area contributed by atoms with Gasteiger partial charge in [0.05, 0.1) is 23.9 Å². The number of benzene rings is 4. The summed E-state index contributed by atoms with van der Waals surface area (Å²) in [7, 11) is 3.31. The van der Waals surface area contributed by atoms with Crippen LogP contribution >= 0.6 is 15.9 Å². The van der Waals surface area contributed by atoms with Gasteiger partial charge in [-0.05, 0) is 94.5 Å². The molecule has 2 heterocycles. The number of carbonyl (C=O) groups excluding carboxylic acids is 1. The van der Waals surface area contributed by atoms with Crippen molar-refractivity contribution in [3.05, 3.63) is 130 Å². The highest BCUT2D eigenvalue weighted by Crippen LogP contribution is 2.34. The molecule has 0 saturated carbocycles. The van der Waals surface area contributed by atoms with Crippen LogP contribution in [0, 0.1) is 6.92 Å². The van der Waals surface area contributed by atoms with Gasteiger partial charge in [0.2, 0.25) is 5.76 Å². The summed E-state index contributed by atoms with van der Waals surface area (Å²) < 4.78 is 16.4. The van der Waals surface area contributed by atoms with Gasteiger partial charge in [-0.1, -0.05) is 55.5 Å². The average Bonchev–Trinajstić information content (AvgIpc) is 3.69. The van der Waals surface area contributed by atoms with Crippen molar-refractivity contribution in [3.63, 3.8) is 0 Å². The minimum absolute atomic E-state index is 0.0622. The molecule has 6 aromatic rings. The van der Waals surface area contributed by atoms with Crippen molar-refractivity contribution >= 4 is 55.2 Å². The fraction of sp³-hybridized carbons (Fsp3) is 0.194. The number of hydrogen-bond acceptors (Lipinski definition) is 7. The zero-order valence-corrected chi connectivity index (χ0v) is 26.8. The minimum Gasteiger partial charge on any atom is -0.463 e. The molecule has 0 bridgehead atoms. The van der Waals surface area contributed by atoms with E-state index < -0.39 is 5.97 Å². The van der Waals surface area contributed by atoms with Crippen molar-refractivity contribution in [2.24, 2.45) is 0 Å². The number of esters is 1. The fourth-order valence-corrected chi connectivity index (χ4v) is 5.23. The van der Waals surface area contributed by atoms with Crippen LogP contribution in [0.15, 0.2) is 110 Å². The molecule has 0 fully saturated rings. The molecule has 0 aliphatic carbocycles. The molecule has 0 aliphatic rings. The lowest BCUT2D eigenvalue weighted by molar-refractivity contribution is 0.0567. The van der Waals surface area contributed by atoms with Crippen LogP contribution in [0.25, 0.3) is 21.9 Å². The van der Waals surface area contributed by atoms with Crippen LogP contribution < -0.4 is 4.90 Å². The summed E-state index contributed by atoms with van der Waals surface area (Å²) in [6.07, 6.45) is 1.14. The van der Waals surface area contributed by atoms with Gasteiger partial charge >= 0.3 is 5.97 Å². The normalized spacial score (nSPS) is 10.5. The van der Waals surface area contributed by atoms with Crippen LogP contribution in [0.5, 0.6) is 0 Å². The molecule has 44 heavy (non-hydrogen) atoms. The van der Waals surface area contributed by atoms with E-state index in [0.717, 1.165) is 39.7 Å². The summed E-state index contributed by atoms with van der Waals surface area (Å²) in [5.41, 5.74) is 6.81. The first-order valence-corrected chi connectivity index (χ1v) is 14.9. The van der Waals surface area contributed by atoms with E-state index in [9.17, 15) is 9.90 Å². The van der Waals surface area contributed by atoms with E-state index in [1.54, 1.807) is 18.2 Å². The molecule has 0 atom stereocenters. The maximum Gasteiger partial charge on any atom is 0.373 e. The SMILES string of the molecule is CCc1ccccc1.COC(=O)c1cc2cc(CO)cc(Br)c2o1.Cc1cc(N(C)c2ccccc2)c2oc(CO)cc2c1. The first-order valence-electron chi connectivity index (χ1n) is 14.2. The standard InChI is InChI=1S/C17H17NO2.C11H9BrO4.C8H10/c1-12-8-13-10-15(11-19)20-17(13)16(9-12)18(2)14-6-4-3-5-7-14;1-15-11(14)9-4-7-2-6(5-13)3-8(12)10(7)16-9;1-2-8-6-4-3-5-7-8/h3-10,19H,11H2,1-2H3;2-4,13H,5H2,1H3;3-7H,2H2,1H3. The summed E-state index contributed by atoms with van der Waals surface area (Å²) in [4.78, 5) is 13.4. The first kappa shape index (κ1) is 32.5. The number of halogens is 1. The summed E-state index contributed by atoms with van der Waals surface area (Å²) >= 11 is 3.32. The van der Waals surface area contributed by atoms with Crippen LogP contribution in [-0.4, -0.2) is 30.3 Å². The molecule has 0 radical (unpaired) electrons. The third-order valence-corrected chi connectivity index (χ3v) is 7.49. The van der Waals surface area contributed by atoms with Crippen LogP contribution in [-0.2, 0) is 24.4 Å². The summed E-state index contributed by atoms with van der Waals surface area (Å²) in [6.45, 7) is 4.08. The Hall–Kier alpha value is -4.37. The van der Waals surface area contributed by atoms with E-state index in [0.29, 0.717) is 15.8 Å². The molecule has 4 aromatic carbocycles. The van der Waals surface area contributed by atoms with Gasteiger partial charge in [-0.2, -0.15) is 0 Å². The Bertz CT molecular complexity index is 1810. The second-order valence-electron chi connectivity index (χ2n) is 10.1. The van der Waals surface area contributed by atoms with E-state index in [1.807, 2.05) is 37.4 Å². The third kappa shape index (κ3) is 7.96. The van der Waals surface area contributed by atoms with E-state index in [1.165, 1.54) is 18.2 Å². The maximum atomic E-state index is 11.3. The first-order chi connectivity index (χ1) is 21.3. The van der Waals surface area contributed by atoms with Gasteiger partial charge < -0.3 is 28.7 Å². The number of aliphatic hydroxyl groups is 2. The zero-order chi connectivity index (χ0) is 31.6.